The number of pyridine rings is 1. The van der Waals surface area contributed by atoms with Crippen LogP contribution >= 0.6 is 34.8 Å². The van der Waals surface area contributed by atoms with Crippen LogP contribution < -0.4 is 11.5 Å². The molecule has 3 nitrogen and oxygen atoms in total. The van der Waals surface area contributed by atoms with Crippen LogP contribution in [0.5, 0.6) is 0 Å². The van der Waals surface area contributed by atoms with E-state index in [1.807, 2.05) is 6.92 Å². The van der Waals surface area contributed by atoms with Crippen molar-refractivity contribution in [1.29, 1.82) is 0 Å². The van der Waals surface area contributed by atoms with E-state index < -0.39 is 0 Å². The van der Waals surface area contributed by atoms with Crippen molar-refractivity contribution < 1.29 is 0 Å². The SMILES string of the molecule is CC[C@@H](N)c1nc(Cl)c(Cl)c(N)c1Cl. The normalized spacial score (nSPS) is 12.9. The molecule has 0 spiro atoms. The summed E-state index contributed by atoms with van der Waals surface area (Å²) in [6.45, 7) is 1.92. The zero-order chi connectivity index (χ0) is 10.9. The highest BCUT2D eigenvalue weighted by Gasteiger charge is 2.17. The van der Waals surface area contributed by atoms with E-state index >= 15 is 0 Å². The van der Waals surface area contributed by atoms with Crippen LogP contribution in [0.3, 0.4) is 0 Å². The van der Waals surface area contributed by atoms with Crippen LogP contribution in [-0.4, -0.2) is 4.98 Å². The van der Waals surface area contributed by atoms with Gasteiger partial charge in [-0.2, -0.15) is 0 Å². The van der Waals surface area contributed by atoms with Crippen LogP contribution in [0.25, 0.3) is 0 Å². The monoisotopic (exact) mass is 253 g/mol. The molecule has 0 fully saturated rings. The lowest BCUT2D eigenvalue weighted by molar-refractivity contribution is 0.676. The number of nitrogen functional groups attached to an aromatic ring is 1. The second kappa shape index (κ2) is 4.53. The summed E-state index contributed by atoms with van der Waals surface area (Å²) in [5.41, 5.74) is 12.1. The lowest BCUT2D eigenvalue weighted by Gasteiger charge is -2.13. The summed E-state index contributed by atoms with van der Waals surface area (Å²) in [5, 5.41) is 0.588. The number of aromatic nitrogens is 1. The molecular formula is C8H10Cl3N3. The standard InChI is InChI=1S/C8H10Cl3N3/c1-2-3(12)7-4(9)6(13)5(10)8(11)14-7/h3H,2,12H2,1H3,(H2,13,14)/t3-/m1/s1. The van der Waals surface area contributed by atoms with E-state index in [2.05, 4.69) is 4.98 Å². The molecule has 0 aromatic carbocycles. The van der Waals surface area contributed by atoms with Crippen LogP contribution in [0, 0.1) is 0 Å². The minimum atomic E-state index is -0.278. The summed E-state index contributed by atoms with van der Waals surface area (Å²) in [4.78, 5) is 4.00. The average Bonchev–Trinajstić information content (AvgIpc) is 2.19. The third kappa shape index (κ3) is 2.06. The highest BCUT2D eigenvalue weighted by atomic mass is 35.5. The summed E-state index contributed by atoms with van der Waals surface area (Å²) in [5.74, 6) is 0. The smallest absolute Gasteiger partial charge is 0.150 e. The van der Waals surface area contributed by atoms with Gasteiger partial charge in [0, 0.05) is 6.04 Å². The van der Waals surface area contributed by atoms with Gasteiger partial charge in [-0.1, -0.05) is 41.7 Å². The summed E-state index contributed by atoms with van der Waals surface area (Å²) in [6.07, 6.45) is 0.699. The van der Waals surface area contributed by atoms with Gasteiger partial charge in [0.2, 0.25) is 0 Å². The van der Waals surface area contributed by atoms with Gasteiger partial charge >= 0.3 is 0 Å². The van der Waals surface area contributed by atoms with Gasteiger partial charge in [-0.3, -0.25) is 0 Å². The Hall–Kier alpha value is -0.220. The zero-order valence-corrected chi connectivity index (χ0v) is 9.79. The van der Waals surface area contributed by atoms with E-state index in [4.69, 9.17) is 46.3 Å². The molecule has 1 aromatic rings. The molecule has 1 rings (SSSR count). The fourth-order valence-electron chi connectivity index (χ4n) is 0.988. The number of halogens is 3. The zero-order valence-electron chi connectivity index (χ0n) is 7.52. The van der Waals surface area contributed by atoms with Crippen LogP contribution in [0.2, 0.25) is 15.2 Å². The predicted octanol–water partition coefficient (Wildman–Crippen LogP) is 3.03. The van der Waals surface area contributed by atoms with Gasteiger partial charge in [0.1, 0.15) is 10.2 Å². The van der Waals surface area contributed by atoms with E-state index in [0.29, 0.717) is 12.1 Å². The van der Waals surface area contributed by atoms with Crippen molar-refractivity contribution in [1.82, 2.24) is 4.98 Å². The van der Waals surface area contributed by atoms with Crippen molar-refractivity contribution >= 4 is 40.5 Å². The first-order valence-electron chi connectivity index (χ1n) is 4.04. The van der Waals surface area contributed by atoms with Gasteiger partial charge in [-0.15, -0.1) is 0 Å². The van der Waals surface area contributed by atoms with E-state index in [-0.39, 0.29) is 26.9 Å². The van der Waals surface area contributed by atoms with E-state index in [1.165, 1.54) is 0 Å². The maximum Gasteiger partial charge on any atom is 0.150 e. The number of anilines is 1. The Bertz CT molecular complexity index is 354. The second-order valence-corrected chi connectivity index (χ2v) is 3.96. The first kappa shape index (κ1) is 11.9. The van der Waals surface area contributed by atoms with Gasteiger partial charge in [0.15, 0.2) is 0 Å². The Labute approximate surface area is 97.3 Å². The predicted molar refractivity (Wildman–Crippen MR) is 60.9 cm³/mol. The third-order valence-electron chi connectivity index (χ3n) is 1.89. The average molecular weight is 255 g/mol. The number of rotatable bonds is 2. The quantitative estimate of drug-likeness (QED) is 0.797. The van der Waals surface area contributed by atoms with E-state index in [1.54, 1.807) is 0 Å². The second-order valence-electron chi connectivity index (χ2n) is 2.84. The number of hydrogen-bond acceptors (Lipinski definition) is 3. The first-order valence-corrected chi connectivity index (χ1v) is 5.17. The van der Waals surface area contributed by atoms with Crippen molar-refractivity contribution in [2.24, 2.45) is 5.73 Å². The molecule has 1 aromatic heterocycles. The maximum absolute atomic E-state index is 5.93. The largest absolute Gasteiger partial charge is 0.396 e. The molecule has 1 heterocycles. The summed E-state index contributed by atoms with van der Waals surface area (Å²) < 4.78 is 0. The van der Waals surface area contributed by atoms with Crippen molar-refractivity contribution in [3.8, 4) is 0 Å². The maximum atomic E-state index is 5.93. The van der Waals surface area contributed by atoms with Crippen LogP contribution in [0.1, 0.15) is 25.1 Å². The van der Waals surface area contributed by atoms with Crippen molar-refractivity contribution in [2.45, 2.75) is 19.4 Å². The molecule has 0 amide bonds. The van der Waals surface area contributed by atoms with Gasteiger partial charge in [-0.25, -0.2) is 4.98 Å². The molecule has 0 radical (unpaired) electrons. The summed E-state index contributed by atoms with van der Waals surface area (Å²) in [6, 6.07) is -0.278. The first-order chi connectivity index (χ1) is 6.49. The molecular weight excluding hydrogens is 244 g/mol. The molecule has 14 heavy (non-hydrogen) atoms. The molecule has 4 N–H and O–H groups in total. The fraction of sp³-hybridized carbons (Fsp3) is 0.375. The van der Waals surface area contributed by atoms with Crippen molar-refractivity contribution in [3.63, 3.8) is 0 Å². The third-order valence-corrected chi connectivity index (χ3v) is 3.04. The highest BCUT2D eigenvalue weighted by molar-refractivity contribution is 6.45. The molecule has 0 unspecified atom stereocenters. The van der Waals surface area contributed by atoms with Crippen LogP contribution in [0.4, 0.5) is 5.69 Å². The molecule has 78 valence electrons. The number of nitrogens with two attached hydrogens (primary N) is 2. The molecule has 6 heteroatoms. The Morgan fingerprint density at radius 1 is 1.29 bits per heavy atom. The molecule has 1 atom stereocenters. The topological polar surface area (TPSA) is 64.9 Å². The van der Waals surface area contributed by atoms with Gasteiger partial charge in [-0.05, 0) is 6.42 Å². The lowest BCUT2D eigenvalue weighted by Crippen LogP contribution is -2.12. The van der Waals surface area contributed by atoms with Gasteiger partial charge in [0.05, 0.1) is 16.4 Å². The Morgan fingerprint density at radius 2 is 1.86 bits per heavy atom. The number of hydrogen-bond donors (Lipinski definition) is 2. The fourth-order valence-corrected chi connectivity index (χ4v) is 1.64. The Morgan fingerprint density at radius 3 is 2.36 bits per heavy atom. The lowest BCUT2D eigenvalue weighted by atomic mass is 10.1. The molecule has 0 aliphatic heterocycles. The van der Waals surface area contributed by atoms with Crippen LogP contribution in [0.15, 0.2) is 0 Å². The van der Waals surface area contributed by atoms with E-state index in [9.17, 15) is 0 Å². The molecule has 0 bridgehead atoms. The van der Waals surface area contributed by atoms with Crippen molar-refractivity contribution in [2.75, 3.05) is 5.73 Å². The molecule has 0 aliphatic rings. The van der Waals surface area contributed by atoms with Gasteiger partial charge in [0.25, 0.3) is 0 Å². The summed E-state index contributed by atoms with van der Waals surface area (Å²) in [7, 11) is 0. The minimum absolute atomic E-state index is 0.132. The summed E-state index contributed by atoms with van der Waals surface area (Å²) >= 11 is 17.4. The molecule has 0 aliphatic carbocycles. The number of nitrogens with zero attached hydrogens (tertiary/aromatic N) is 1. The van der Waals surface area contributed by atoms with Gasteiger partial charge < -0.3 is 11.5 Å². The molecule has 0 saturated carbocycles. The van der Waals surface area contributed by atoms with E-state index in [0.717, 1.165) is 0 Å². The highest BCUT2D eigenvalue weighted by Crippen LogP contribution is 2.36. The Kier molecular flexibility index (Phi) is 3.84. The minimum Gasteiger partial charge on any atom is -0.396 e. The van der Waals surface area contributed by atoms with Crippen molar-refractivity contribution in [3.05, 3.63) is 20.9 Å². The van der Waals surface area contributed by atoms with Crippen LogP contribution in [-0.2, 0) is 0 Å². The molecule has 0 saturated heterocycles. The Balaban J connectivity index is 3.33.